The Bertz CT molecular complexity index is 1150. The molecule has 2 aromatic rings. The Morgan fingerprint density at radius 2 is 2.03 bits per heavy atom. The minimum absolute atomic E-state index is 0.000659. The molecular formula is C23H21N3O5S. The van der Waals surface area contributed by atoms with Gasteiger partial charge in [0.1, 0.15) is 17.4 Å². The van der Waals surface area contributed by atoms with Crippen LogP contribution >= 0.6 is 11.8 Å². The monoisotopic (exact) mass is 451 g/mol. The highest BCUT2D eigenvalue weighted by atomic mass is 32.2. The number of nitro groups is 1. The van der Waals surface area contributed by atoms with Crippen LogP contribution in [0, 0.1) is 21.4 Å². The quantitative estimate of drug-likeness (QED) is 0.281. The van der Waals surface area contributed by atoms with E-state index in [9.17, 15) is 20.2 Å². The van der Waals surface area contributed by atoms with Gasteiger partial charge in [0, 0.05) is 22.8 Å². The Labute approximate surface area is 189 Å². The molecule has 0 saturated heterocycles. The zero-order valence-corrected chi connectivity index (χ0v) is 18.3. The first-order chi connectivity index (χ1) is 15.4. The summed E-state index contributed by atoms with van der Waals surface area (Å²) in [5.74, 6) is -0.983. The standard InChI is InChI=1S/C23H21N3O5S/c1-3-30-23(27)20-14(2)31-22(25)18(12-24)21(20)17-11-16(26(28)29)9-10-19(17)32-13-15-7-5-4-6-8-15/h4-11,21H,3,13,25H2,1-2H3. The van der Waals surface area contributed by atoms with Crippen LogP contribution in [0.2, 0.25) is 0 Å². The number of hydrogen-bond donors (Lipinski definition) is 1. The number of carbonyl (C=O) groups excluding carboxylic acids is 1. The lowest BCUT2D eigenvalue weighted by atomic mass is 9.83. The van der Waals surface area contributed by atoms with E-state index >= 15 is 0 Å². The number of ether oxygens (including phenoxy) is 2. The lowest BCUT2D eigenvalue weighted by molar-refractivity contribution is -0.385. The number of benzene rings is 2. The maximum atomic E-state index is 12.8. The number of thioether (sulfide) groups is 1. The van der Waals surface area contributed by atoms with Crippen molar-refractivity contribution < 1.29 is 19.2 Å². The minimum atomic E-state index is -0.953. The summed E-state index contributed by atoms with van der Waals surface area (Å²) in [5.41, 5.74) is 7.38. The van der Waals surface area contributed by atoms with Gasteiger partial charge in [0.25, 0.3) is 5.69 Å². The Morgan fingerprint density at radius 1 is 1.31 bits per heavy atom. The number of nitriles is 1. The molecule has 3 rings (SSSR count). The molecule has 9 heteroatoms. The molecule has 1 atom stereocenters. The van der Waals surface area contributed by atoms with Gasteiger partial charge in [-0.2, -0.15) is 5.26 Å². The molecule has 0 saturated carbocycles. The molecule has 8 nitrogen and oxygen atoms in total. The topological polar surface area (TPSA) is 128 Å². The molecule has 32 heavy (non-hydrogen) atoms. The lowest BCUT2D eigenvalue weighted by Crippen LogP contribution is -2.26. The molecule has 1 heterocycles. The summed E-state index contributed by atoms with van der Waals surface area (Å²) < 4.78 is 10.6. The third kappa shape index (κ3) is 4.76. The van der Waals surface area contributed by atoms with E-state index in [1.807, 2.05) is 36.4 Å². The van der Waals surface area contributed by atoms with Crippen LogP contribution in [-0.4, -0.2) is 17.5 Å². The van der Waals surface area contributed by atoms with Crippen LogP contribution in [0.3, 0.4) is 0 Å². The normalized spacial score (nSPS) is 15.7. The molecule has 2 N–H and O–H groups in total. The van der Waals surface area contributed by atoms with Crippen molar-refractivity contribution in [2.45, 2.75) is 30.4 Å². The van der Waals surface area contributed by atoms with Crippen LogP contribution in [0.4, 0.5) is 5.69 Å². The second kappa shape index (κ2) is 10.0. The van der Waals surface area contributed by atoms with Crippen LogP contribution in [0.5, 0.6) is 0 Å². The lowest BCUT2D eigenvalue weighted by Gasteiger charge is -2.28. The molecule has 1 unspecified atom stereocenters. The summed E-state index contributed by atoms with van der Waals surface area (Å²) in [6.45, 7) is 3.33. The highest BCUT2D eigenvalue weighted by molar-refractivity contribution is 7.98. The van der Waals surface area contributed by atoms with Crippen molar-refractivity contribution in [2.75, 3.05) is 6.61 Å². The van der Waals surface area contributed by atoms with E-state index in [2.05, 4.69) is 0 Å². The summed E-state index contributed by atoms with van der Waals surface area (Å²) in [7, 11) is 0. The van der Waals surface area contributed by atoms with E-state index in [0.717, 1.165) is 5.56 Å². The molecule has 0 spiro atoms. The summed E-state index contributed by atoms with van der Waals surface area (Å²) in [6, 6.07) is 16.1. The first-order valence-corrected chi connectivity index (χ1v) is 10.8. The molecule has 0 fully saturated rings. The molecule has 0 radical (unpaired) electrons. The number of nitrogens with two attached hydrogens (primary N) is 1. The maximum Gasteiger partial charge on any atom is 0.338 e. The van der Waals surface area contributed by atoms with E-state index in [-0.39, 0.29) is 35.1 Å². The molecule has 0 aliphatic carbocycles. The third-order valence-electron chi connectivity index (χ3n) is 4.85. The van der Waals surface area contributed by atoms with Crippen LogP contribution in [0.15, 0.2) is 76.2 Å². The summed E-state index contributed by atoms with van der Waals surface area (Å²) in [4.78, 5) is 24.5. The zero-order valence-electron chi connectivity index (χ0n) is 17.5. The van der Waals surface area contributed by atoms with Crippen LogP contribution < -0.4 is 5.73 Å². The largest absolute Gasteiger partial charge is 0.463 e. The molecule has 2 aromatic carbocycles. The highest BCUT2D eigenvalue weighted by Gasteiger charge is 2.38. The molecular weight excluding hydrogens is 430 g/mol. The Hall–Kier alpha value is -3.77. The zero-order chi connectivity index (χ0) is 23.3. The second-order valence-electron chi connectivity index (χ2n) is 6.87. The van der Waals surface area contributed by atoms with Gasteiger partial charge in [0.2, 0.25) is 5.88 Å². The number of hydrogen-bond acceptors (Lipinski definition) is 8. The number of non-ortho nitro benzene ring substituents is 1. The molecule has 1 aliphatic rings. The Morgan fingerprint density at radius 3 is 2.66 bits per heavy atom. The highest BCUT2D eigenvalue weighted by Crippen LogP contribution is 2.44. The van der Waals surface area contributed by atoms with E-state index in [4.69, 9.17) is 15.2 Å². The van der Waals surface area contributed by atoms with Gasteiger partial charge in [-0.05, 0) is 31.0 Å². The Balaban J connectivity index is 2.16. The van der Waals surface area contributed by atoms with Crippen molar-refractivity contribution in [3.8, 4) is 6.07 Å². The number of allylic oxidation sites excluding steroid dienone is 2. The van der Waals surface area contributed by atoms with Crippen molar-refractivity contribution >= 4 is 23.4 Å². The third-order valence-corrected chi connectivity index (χ3v) is 6.01. The average Bonchev–Trinajstić information content (AvgIpc) is 2.77. The fourth-order valence-electron chi connectivity index (χ4n) is 3.41. The van der Waals surface area contributed by atoms with E-state index in [0.29, 0.717) is 16.2 Å². The smallest absolute Gasteiger partial charge is 0.338 e. The van der Waals surface area contributed by atoms with Gasteiger partial charge in [0.15, 0.2) is 0 Å². The fraction of sp³-hybridized carbons (Fsp3) is 0.217. The van der Waals surface area contributed by atoms with Crippen molar-refractivity contribution in [1.82, 2.24) is 0 Å². The second-order valence-corrected chi connectivity index (χ2v) is 7.89. The average molecular weight is 452 g/mol. The predicted octanol–water partition coefficient (Wildman–Crippen LogP) is 4.53. The van der Waals surface area contributed by atoms with E-state index in [1.54, 1.807) is 19.9 Å². The van der Waals surface area contributed by atoms with Crippen molar-refractivity contribution in [2.24, 2.45) is 5.73 Å². The van der Waals surface area contributed by atoms with Gasteiger partial charge in [-0.3, -0.25) is 10.1 Å². The van der Waals surface area contributed by atoms with Crippen LogP contribution in [-0.2, 0) is 20.0 Å². The van der Waals surface area contributed by atoms with E-state index < -0.39 is 16.8 Å². The molecule has 0 amide bonds. The number of rotatable bonds is 7. The molecule has 1 aliphatic heterocycles. The number of nitro benzene ring substituents is 1. The number of nitrogens with zero attached hydrogens (tertiary/aromatic N) is 2. The first-order valence-electron chi connectivity index (χ1n) is 9.77. The van der Waals surface area contributed by atoms with Gasteiger partial charge in [-0.1, -0.05) is 30.3 Å². The van der Waals surface area contributed by atoms with Gasteiger partial charge >= 0.3 is 5.97 Å². The minimum Gasteiger partial charge on any atom is -0.463 e. The van der Waals surface area contributed by atoms with Crippen molar-refractivity contribution in [3.63, 3.8) is 0 Å². The molecule has 0 aromatic heterocycles. The molecule has 0 bridgehead atoms. The van der Waals surface area contributed by atoms with Crippen LogP contribution in [0.25, 0.3) is 0 Å². The summed E-state index contributed by atoms with van der Waals surface area (Å²) >= 11 is 1.45. The Kier molecular flexibility index (Phi) is 7.18. The maximum absolute atomic E-state index is 12.8. The van der Waals surface area contributed by atoms with Crippen molar-refractivity contribution in [3.05, 3.63) is 92.6 Å². The van der Waals surface area contributed by atoms with E-state index in [1.165, 1.54) is 23.9 Å². The SMILES string of the molecule is CCOC(=O)C1=C(C)OC(N)=C(C#N)C1c1cc([N+](=O)[O-])ccc1SCc1ccccc1. The van der Waals surface area contributed by atoms with Gasteiger partial charge in [-0.25, -0.2) is 4.79 Å². The first kappa shape index (κ1) is 22.9. The molecule has 164 valence electrons. The van der Waals surface area contributed by atoms with Gasteiger partial charge in [-0.15, -0.1) is 11.8 Å². The van der Waals surface area contributed by atoms with Crippen molar-refractivity contribution in [1.29, 1.82) is 5.26 Å². The predicted molar refractivity (Wildman–Crippen MR) is 119 cm³/mol. The summed E-state index contributed by atoms with van der Waals surface area (Å²) in [6.07, 6.45) is 0. The van der Waals surface area contributed by atoms with Gasteiger partial charge < -0.3 is 15.2 Å². The fourth-order valence-corrected chi connectivity index (χ4v) is 4.43. The van der Waals surface area contributed by atoms with Crippen LogP contribution in [0.1, 0.15) is 30.9 Å². The number of carbonyl (C=O) groups is 1. The summed E-state index contributed by atoms with van der Waals surface area (Å²) in [5, 5.41) is 21.3. The number of esters is 1. The van der Waals surface area contributed by atoms with Gasteiger partial charge in [0.05, 0.1) is 23.0 Å².